The summed E-state index contributed by atoms with van der Waals surface area (Å²) in [4.78, 5) is 18.8. The van der Waals surface area contributed by atoms with Gasteiger partial charge in [-0.3, -0.25) is 4.79 Å². The third-order valence-corrected chi connectivity index (χ3v) is 4.13. The molecule has 1 aromatic carbocycles. The van der Waals surface area contributed by atoms with Crippen LogP contribution in [0.25, 0.3) is 0 Å². The fourth-order valence-corrected chi connectivity index (χ4v) is 2.93. The number of para-hydroxylation sites is 1. The molecule has 114 valence electrons. The highest BCUT2D eigenvalue weighted by Gasteiger charge is 2.23. The number of carbonyl (C=O) groups is 1. The number of rotatable bonds is 4. The van der Waals surface area contributed by atoms with E-state index in [1.54, 1.807) is 6.07 Å². The van der Waals surface area contributed by atoms with Crippen molar-refractivity contribution in [2.45, 2.75) is 26.3 Å². The van der Waals surface area contributed by atoms with Crippen molar-refractivity contribution < 1.29 is 4.79 Å². The SMILES string of the molecule is Cc1cccc(C(=O)NC[C@H](C)N2CCc3ccccc32)n1. The summed E-state index contributed by atoms with van der Waals surface area (Å²) in [6, 6.07) is 14.2. The van der Waals surface area contributed by atoms with Crippen LogP contribution in [-0.2, 0) is 6.42 Å². The second-order valence-corrected chi connectivity index (χ2v) is 5.80. The van der Waals surface area contributed by atoms with Gasteiger partial charge in [0.15, 0.2) is 0 Å². The van der Waals surface area contributed by atoms with E-state index in [9.17, 15) is 4.79 Å². The van der Waals surface area contributed by atoms with E-state index in [1.165, 1.54) is 11.3 Å². The Kier molecular flexibility index (Phi) is 4.09. The third-order valence-electron chi connectivity index (χ3n) is 4.13. The smallest absolute Gasteiger partial charge is 0.269 e. The summed E-state index contributed by atoms with van der Waals surface area (Å²) in [5.74, 6) is -0.108. The lowest BCUT2D eigenvalue weighted by Gasteiger charge is -2.27. The average Bonchev–Trinajstić information content (AvgIpc) is 2.96. The molecule has 1 N–H and O–H groups in total. The number of hydrogen-bond donors (Lipinski definition) is 1. The van der Waals surface area contributed by atoms with E-state index in [4.69, 9.17) is 0 Å². The molecular formula is C18H21N3O. The number of anilines is 1. The van der Waals surface area contributed by atoms with Crippen LogP contribution >= 0.6 is 0 Å². The standard InChI is InChI=1S/C18H21N3O/c1-13-6-5-8-16(20-13)18(22)19-12-14(2)21-11-10-15-7-3-4-9-17(15)21/h3-9,14H,10-12H2,1-2H3,(H,19,22)/t14-/m0/s1. The second kappa shape index (κ2) is 6.18. The molecule has 0 fully saturated rings. The van der Waals surface area contributed by atoms with Gasteiger partial charge >= 0.3 is 0 Å². The van der Waals surface area contributed by atoms with E-state index in [0.717, 1.165) is 18.7 Å². The molecular weight excluding hydrogens is 274 g/mol. The van der Waals surface area contributed by atoms with Crippen LogP contribution < -0.4 is 10.2 Å². The first-order chi connectivity index (χ1) is 10.6. The molecule has 22 heavy (non-hydrogen) atoms. The van der Waals surface area contributed by atoms with Crippen LogP contribution in [0.2, 0.25) is 0 Å². The highest BCUT2D eigenvalue weighted by atomic mass is 16.1. The number of carbonyl (C=O) groups excluding carboxylic acids is 1. The molecule has 3 rings (SSSR count). The van der Waals surface area contributed by atoms with E-state index in [-0.39, 0.29) is 11.9 Å². The number of nitrogens with one attached hydrogen (secondary N) is 1. The summed E-state index contributed by atoms with van der Waals surface area (Å²) in [6.07, 6.45) is 1.08. The third kappa shape index (κ3) is 2.96. The van der Waals surface area contributed by atoms with Crippen LogP contribution in [0.4, 0.5) is 5.69 Å². The van der Waals surface area contributed by atoms with Crippen molar-refractivity contribution in [3.05, 3.63) is 59.4 Å². The summed E-state index contributed by atoms with van der Waals surface area (Å²) >= 11 is 0. The van der Waals surface area contributed by atoms with Gasteiger partial charge in [-0.25, -0.2) is 4.98 Å². The molecule has 1 aromatic heterocycles. The van der Waals surface area contributed by atoms with Gasteiger partial charge in [-0.1, -0.05) is 24.3 Å². The number of aryl methyl sites for hydroxylation is 1. The number of aromatic nitrogens is 1. The molecule has 0 bridgehead atoms. The molecule has 4 heteroatoms. The van der Waals surface area contributed by atoms with Crippen LogP contribution in [-0.4, -0.2) is 30.0 Å². The molecule has 0 saturated carbocycles. The maximum absolute atomic E-state index is 12.2. The van der Waals surface area contributed by atoms with Crippen molar-refractivity contribution in [1.29, 1.82) is 0 Å². The fraction of sp³-hybridized carbons (Fsp3) is 0.333. The molecule has 1 amide bonds. The van der Waals surface area contributed by atoms with Gasteiger partial charge in [0.05, 0.1) is 0 Å². The molecule has 2 heterocycles. The molecule has 1 atom stereocenters. The molecule has 0 spiro atoms. The van der Waals surface area contributed by atoms with E-state index in [1.807, 2.05) is 19.1 Å². The van der Waals surface area contributed by atoms with Crippen LogP contribution in [0.1, 0.15) is 28.7 Å². The first-order valence-corrected chi connectivity index (χ1v) is 7.71. The van der Waals surface area contributed by atoms with E-state index in [0.29, 0.717) is 12.2 Å². The van der Waals surface area contributed by atoms with Gasteiger partial charge in [0.2, 0.25) is 0 Å². The number of benzene rings is 1. The number of nitrogens with zero attached hydrogens (tertiary/aromatic N) is 2. The first-order valence-electron chi connectivity index (χ1n) is 7.71. The van der Waals surface area contributed by atoms with Gasteiger partial charge in [0.25, 0.3) is 5.91 Å². The van der Waals surface area contributed by atoms with Gasteiger partial charge in [0.1, 0.15) is 5.69 Å². The van der Waals surface area contributed by atoms with Crippen molar-refractivity contribution in [2.75, 3.05) is 18.0 Å². The summed E-state index contributed by atoms with van der Waals surface area (Å²) < 4.78 is 0. The lowest BCUT2D eigenvalue weighted by molar-refractivity contribution is 0.0946. The van der Waals surface area contributed by atoms with E-state index in [2.05, 4.69) is 46.4 Å². The molecule has 1 aliphatic rings. The molecule has 0 saturated heterocycles. The minimum absolute atomic E-state index is 0.108. The van der Waals surface area contributed by atoms with E-state index < -0.39 is 0 Å². The van der Waals surface area contributed by atoms with Gasteiger partial charge in [0, 0.05) is 30.5 Å². The average molecular weight is 295 g/mol. The normalized spacial score (nSPS) is 14.5. The van der Waals surface area contributed by atoms with Crippen molar-refractivity contribution in [3.63, 3.8) is 0 Å². The Morgan fingerprint density at radius 3 is 2.91 bits per heavy atom. The van der Waals surface area contributed by atoms with Crippen molar-refractivity contribution in [3.8, 4) is 0 Å². The van der Waals surface area contributed by atoms with Gasteiger partial charge < -0.3 is 10.2 Å². The number of hydrogen-bond acceptors (Lipinski definition) is 3. The van der Waals surface area contributed by atoms with Gasteiger partial charge in [-0.15, -0.1) is 0 Å². The maximum atomic E-state index is 12.2. The van der Waals surface area contributed by atoms with Crippen LogP contribution in [0.15, 0.2) is 42.5 Å². The van der Waals surface area contributed by atoms with Gasteiger partial charge in [-0.2, -0.15) is 0 Å². The predicted octanol–water partition coefficient (Wildman–Crippen LogP) is 2.57. The number of pyridine rings is 1. The largest absolute Gasteiger partial charge is 0.366 e. The zero-order chi connectivity index (χ0) is 15.5. The topological polar surface area (TPSA) is 45.2 Å². The monoisotopic (exact) mass is 295 g/mol. The molecule has 1 aliphatic heterocycles. The quantitative estimate of drug-likeness (QED) is 0.943. The Morgan fingerprint density at radius 2 is 2.09 bits per heavy atom. The summed E-state index contributed by atoms with van der Waals surface area (Å²) in [5.41, 5.74) is 4.02. The summed E-state index contributed by atoms with van der Waals surface area (Å²) in [7, 11) is 0. The maximum Gasteiger partial charge on any atom is 0.269 e. The van der Waals surface area contributed by atoms with E-state index >= 15 is 0 Å². The fourth-order valence-electron chi connectivity index (χ4n) is 2.93. The highest BCUT2D eigenvalue weighted by molar-refractivity contribution is 5.92. The Morgan fingerprint density at radius 1 is 1.27 bits per heavy atom. The zero-order valence-electron chi connectivity index (χ0n) is 13.0. The highest BCUT2D eigenvalue weighted by Crippen LogP contribution is 2.28. The van der Waals surface area contributed by atoms with Crippen LogP contribution in [0, 0.1) is 6.92 Å². The zero-order valence-corrected chi connectivity index (χ0v) is 13.0. The lowest BCUT2D eigenvalue weighted by atomic mass is 10.2. The predicted molar refractivity (Wildman–Crippen MR) is 88.3 cm³/mol. The van der Waals surface area contributed by atoms with Crippen LogP contribution in [0.3, 0.4) is 0 Å². The van der Waals surface area contributed by atoms with Crippen molar-refractivity contribution in [1.82, 2.24) is 10.3 Å². The minimum Gasteiger partial charge on any atom is -0.366 e. The van der Waals surface area contributed by atoms with Crippen molar-refractivity contribution >= 4 is 11.6 Å². The molecule has 0 unspecified atom stereocenters. The Balaban J connectivity index is 1.61. The molecule has 4 nitrogen and oxygen atoms in total. The molecule has 2 aromatic rings. The van der Waals surface area contributed by atoms with Gasteiger partial charge in [-0.05, 0) is 44.0 Å². The van der Waals surface area contributed by atoms with Crippen molar-refractivity contribution in [2.24, 2.45) is 0 Å². The summed E-state index contributed by atoms with van der Waals surface area (Å²) in [5, 5.41) is 2.99. The lowest BCUT2D eigenvalue weighted by Crippen LogP contribution is -2.41. The van der Waals surface area contributed by atoms with Crippen LogP contribution in [0.5, 0.6) is 0 Å². The Hall–Kier alpha value is -2.36. The summed E-state index contributed by atoms with van der Waals surface area (Å²) in [6.45, 7) is 5.66. The Labute approximate surface area is 131 Å². The number of amides is 1. The minimum atomic E-state index is -0.108. The Bertz CT molecular complexity index is 684. The number of fused-ring (bicyclic) bond motifs is 1. The molecule has 0 radical (unpaired) electrons. The first kappa shape index (κ1) is 14.6. The second-order valence-electron chi connectivity index (χ2n) is 5.80. The molecule has 0 aliphatic carbocycles.